The van der Waals surface area contributed by atoms with E-state index >= 15 is 0 Å². The van der Waals surface area contributed by atoms with Gasteiger partial charge in [0.05, 0.1) is 12.1 Å². The summed E-state index contributed by atoms with van der Waals surface area (Å²) in [6.07, 6.45) is 4.74. The van der Waals surface area contributed by atoms with Gasteiger partial charge >= 0.3 is 0 Å². The van der Waals surface area contributed by atoms with Gasteiger partial charge in [-0.3, -0.25) is 4.79 Å². The normalized spacial score (nSPS) is 30.3. The molecule has 0 radical (unpaired) electrons. The van der Waals surface area contributed by atoms with Gasteiger partial charge in [-0.25, -0.2) is 0 Å². The highest BCUT2D eigenvalue weighted by atomic mass is 16.6. The van der Waals surface area contributed by atoms with E-state index in [9.17, 15) is 4.79 Å². The van der Waals surface area contributed by atoms with Crippen LogP contribution in [-0.4, -0.2) is 41.8 Å². The lowest BCUT2D eigenvalue weighted by atomic mass is 10.0. The zero-order chi connectivity index (χ0) is 15.6. The highest BCUT2D eigenvalue weighted by Gasteiger charge is 2.40. The van der Waals surface area contributed by atoms with Gasteiger partial charge in [0.15, 0.2) is 6.10 Å². The molecule has 5 nitrogen and oxygen atoms in total. The molecule has 0 unspecified atom stereocenters. The Morgan fingerprint density at radius 3 is 2.91 bits per heavy atom. The molecule has 1 aliphatic carbocycles. The Labute approximate surface area is 136 Å². The summed E-state index contributed by atoms with van der Waals surface area (Å²) in [7, 11) is 0. The van der Waals surface area contributed by atoms with Gasteiger partial charge < -0.3 is 14.5 Å². The SMILES string of the molecule is O=C(C1=NO[C@H](c2ccccc2)C1)N1CCCO[C@H]2CCC[C@H]21. The number of carbonyl (C=O) groups excluding carboxylic acids is 1. The smallest absolute Gasteiger partial charge is 0.272 e. The topological polar surface area (TPSA) is 51.1 Å². The quantitative estimate of drug-likeness (QED) is 0.843. The molecule has 3 atom stereocenters. The number of hydrogen-bond donors (Lipinski definition) is 0. The van der Waals surface area contributed by atoms with Crippen molar-refractivity contribution in [1.82, 2.24) is 4.90 Å². The van der Waals surface area contributed by atoms with E-state index in [0.717, 1.165) is 44.4 Å². The van der Waals surface area contributed by atoms with Crippen molar-refractivity contribution in [2.24, 2.45) is 5.16 Å². The van der Waals surface area contributed by atoms with Gasteiger partial charge in [0.25, 0.3) is 5.91 Å². The molecule has 1 aromatic rings. The first-order valence-corrected chi connectivity index (χ1v) is 8.53. The maximum atomic E-state index is 12.9. The lowest BCUT2D eigenvalue weighted by molar-refractivity contribution is -0.127. The maximum absolute atomic E-state index is 12.9. The first-order chi connectivity index (χ1) is 11.3. The van der Waals surface area contributed by atoms with Gasteiger partial charge in [-0.2, -0.15) is 0 Å². The van der Waals surface area contributed by atoms with Crippen LogP contribution in [0.1, 0.15) is 43.8 Å². The molecule has 0 bridgehead atoms. The molecule has 4 rings (SSSR count). The lowest BCUT2D eigenvalue weighted by Crippen LogP contribution is -2.46. The van der Waals surface area contributed by atoms with E-state index in [0.29, 0.717) is 12.1 Å². The van der Waals surface area contributed by atoms with Crippen LogP contribution >= 0.6 is 0 Å². The highest BCUT2D eigenvalue weighted by Crippen LogP contribution is 2.32. The van der Waals surface area contributed by atoms with Crippen molar-refractivity contribution in [1.29, 1.82) is 0 Å². The fourth-order valence-electron chi connectivity index (χ4n) is 3.86. The number of nitrogens with zero attached hydrogens (tertiary/aromatic N) is 2. The molecular weight excluding hydrogens is 292 g/mol. The summed E-state index contributed by atoms with van der Waals surface area (Å²) < 4.78 is 5.90. The minimum Gasteiger partial charge on any atom is -0.387 e. The van der Waals surface area contributed by atoms with Gasteiger partial charge in [0.2, 0.25) is 0 Å². The number of rotatable bonds is 2. The first-order valence-electron chi connectivity index (χ1n) is 8.53. The van der Waals surface area contributed by atoms with Crippen LogP contribution in [0.4, 0.5) is 0 Å². The van der Waals surface area contributed by atoms with Crippen LogP contribution in [-0.2, 0) is 14.4 Å². The summed E-state index contributed by atoms with van der Waals surface area (Å²) in [5.41, 5.74) is 1.61. The van der Waals surface area contributed by atoms with Gasteiger partial charge in [0.1, 0.15) is 5.71 Å². The van der Waals surface area contributed by atoms with Crippen molar-refractivity contribution in [3.63, 3.8) is 0 Å². The minimum absolute atomic E-state index is 0.0332. The molecule has 2 fully saturated rings. The molecule has 2 heterocycles. The second-order valence-corrected chi connectivity index (χ2v) is 6.51. The maximum Gasteiger partial charge on any atom is 0.272 e. The van der Waals surface area contributed by atoms with E-state index in [-0.39, 0.29) is 24.2 Å². The number of amides is 1. The van der Waals surface area contributed by atoms with E-state index in [4.69, 9.17) is 9.57 Å². The van der Waals surface area contributed by atoms with E-state index in [1.165, 1.54) is 0 Å². The minimum atomic E-state index is -0.141. The fourth-order valence-corrected chi connectivity index (χ4v) is 3.86. The molecule has 0 spiro atoms. The van der Waals surface area contributed by atoms with Crippen molar-refractivity contribution in [2.75, 3.05) is 13.2 Å². The molecule has 1 saturated heterocycles. The number of oxime groups is 1. The average molecular weight is 314 g/mol. The average Bonchev–Trinajstić information content (AvgIpc) is 3.21. The molecule has 3 aliphatic rings. The number of benzene rings is 1. The van der Waals surface area contributed by atoms with Crippen molar-refractivity contribution in [3.8, 4) is 0 Å². The van der Waals surface area contributed by atoms with E-state index in [1.54, 1.807) is 0 Å². The third kappa shape index (κ3) is 2.85. The Morgan fingerprint density at radius 1 is 1.17 bits per heavy atom. The second-order valence-electron chi connectivity index (χ2n) is 6.51. The second kappa shape index (κ2) is 6.32. The summed E-state index contributed by atoms with van der Waals surface area (Å²) in [6.45, 7) is 1.51. The van der Waals surface area contributed by atoms with Crippen LogP contribution in [0.15, 0.2) is 35.5 Å². The molecule has 0 N–H and O–H groups in total. The third-order valence-electron chi connectivity index (χ3n) is 5.04. The van der Waals surface area contributed by atoms with Crippen molar-refractivity contribution < 1.29 is 14.4 Å². The molecule has 1 aromatic carbocycles. The van der Waals surface area contributed by atoms with E-state index in [2.05, 4.69) is 5.16 Å². The number of ether oxygens (including phenoxy) is 1. The Hall–Kier alpha value is -1.88. The van der Waals surface area contributed by atoms with E-state index < -0.39 is 0 Å². The summed E-state index contributed by atoms with van der Waals surface area (Å²) >= 11 is 0. The van der Waals surface area contributed by atoms with E-state index in [1.807, 2.05) is 35.2 Å². The number of hydrogen-bond acceptors (Lipinski definition) is 4. The van der Waals surface area contributed by atoms with Gasteiger partial charge in [-0.1, -0.05) is 35.5 Å². The monoisotopic (exact) mass is 314 g/mol. The number of fused-ring (bicyclic) bond motifs is 1. The Bertz CT molecular complexity index is 602. The molecule has 2 aliphatic heterocycles. The molecule has 122 valence electrons. The highest BCUT2D eigenvalue weighted by molar-refractivity contribution is 6.39. The van der Waals surface area contributed by atoms with Crippen molar-refractivity contribution in [2.45, 2.75) is 50.4 Å². The zero-order valence-electron chi connectivity index (χ0n) is 13.2. The lowest BCUT2D eigenvalue weighted by Gasteiger charge is -2.29. The van der Waals surface area contributed by atoms with Gasteiger partial charge in [-0.05, 0) is 31.2 Å². The summed E-state index contributed by atoms with van der Waals surface area (Å²) in [5, 5.41) is 4.10. The summed E-state index contributed by atoms with van der Waals surface area (Å²) in [6, 6.07) is 10.2. The third-order valence-corrected chi connectivity index (χ3v) is 5.04. The van der Waals surface area contributed by atoms with Crippen LogP contribution in [0, 0.1) is 0 Å². The standard InChI is InChI=1S/C18H22N2O3/c21-18(20-10-5-11-22-16-9-4-8-15(16)20)14-12-17(23-19-14)13-6-2-1-3-7-13/h1-3,6-7,15-17H,4-5,8-12H2/t15-,16+,17+/m1/s1. The predicted molar refractivity (Wildman–Crippen MR) is 86.0 cm³/mol. The first kappa shape index (κ1) is 14.7. The zero-order valence-corrected chi connectivity index (χ0v) is 13.2. The Morgan fingerprint density at radius 2 is 2.04 bits per heavy atom. The summed E-state index contributed by atoms with van der Waals surface area (Å²) in [5.74, 6) is 0.0332. The Kier molecular flexibility index (Phi) is 4.04. The van der Waals surface area contributed by atoms with Crippen LogP contribution in [0.3, 0.4) is 0 Å². The molecule has 1 saturated carbocycles. The van der Waals surface area contributed by atoms with Gasteiger partial charge in [0, 0.05) is 19.6 Å². The van der Waals surface area contributed by atoms with Crippen LogP contribution < -0.4 is 0 Å². The summed E-state index contributed by atoms with van der Waals surface area (Å²) in [4.78, 5) is 20.4. The molecule has 23 heavy (non-hydrogen) atoms. The molecule has 1 amide bonds. The Balaban J connectivity index is 1.46. The molecular formula is C18H22N2O3. The van der Waals surface area contributed by atoms with Crippen LogP contribution in [0.5, 0.6) is 0 Å². The van der Waals surface area contributed by atoms with Crippen molar-refractivity contribution >= 4 is 11.6 Å². The fraction of sp³-hybridized carbons (Fsp3) is 0.556. The number of carbonyl (C=O) groups is 1. The van der Waals surface area contributed by atoms with Crippen LogP contribution in [0.25, 0.3) is 0 Å². The largest absolute Gasteiger partial charge is 0.387 e. The molecule has 5 heteroatoms. The predicted octanol–water partition coefficient (Wildman–Crippen LogP) is 2.67. The van der Waals surface area contributed by atoms with Crippen LogP contribution in [0.2, 0.25) is 0 Å². The van der Waals surface area contributed by atoms with Crippen molar-refractivity contribution in [3.05, 3.63) is 35.9 Å². The van der Waals surface area contributed by atoms with Gasteiger partial charge in [-0.15, -0.1) is 0 Å². The molecule has 0 aromatic heterocycles.